The van der Waals surface area contributed by atoms with Crippen molar-refractivity contribution in [3.05, 3.63) is 122 Å². The number of esters is 2. The molecule has 0 aromatic rings. The third kappa shape index (κ3) is 43.0. The minimum absolute atomic E-state index is 0.101. The molecule has 0 heterocycles. The average Bonchev–Trinajstić information content (AvgIpc) is 3.20. The summed E-state index contributed by atoms with van der Waals surface area (Å²) in [5, 5.41) is 9.56. The number of ether oxygens (including phenoxy) is 2. The minimum Gasteiger partial charge on any atom is -0.462 e. The summed E-state index contributed by atoms with van der Waals surface area (Å²) < 4.78 is 10.6. The fraction of sp³-hybridized carbons (Fsp3) is 0.569. The molecule has 1 unspecified atom stereocenters. The fourth-order valence-electron chi connectivity index (χ4n) is 5.43. The second-order valence-electron chi connectivity index (χ2n) is 14.0. The summed E-state index contributed by atoms with van der Waals surface area (Å²) in [6, 6.07) is 0. The van der Waals surface area contributed by atoms with Gasteiger partial charge in [0.05, 0.1) is 6.61 Å². The first-order valence-electron chi connectivity index (χ1n) is 22.1. The van der Waals surface area contributed by atoms with E-state index in [0.717, 1.165) is 89.9 Å². The van der Waals surface area contributed by atoms with Gasteiger partial charge in [-0.3, -0.25) is 9.59 Å². The molecule has 5 heteroatoms. The van der Waals surface area contributed by atoms with Crippen LogP contribution < -0.4 is 0 Å². The van der Waals surface area contributed by atoms with E-state index in [9.17, 15) is 14.7 Å². The molecule has 0 aliphatic carbocycles. The number of hydrogen-bond donors (Lipinski definition) is 1. The van der Waals surface area contributed by atoms with E-state index in [0.29, 0.717) is 12.8 Å². The summed E-state index contributed by atoms with van der Waals surface area (Å²) in [6.45, 7) is 3.93. The van der Waals surface area contributed by atoms with Gasteiger partial charge in [0.25, 0.3) is 0 Å². The van der Waals surface area contributed by atoms with Crippen molar-refractivity contribution >= 4 is 11.9 Å². The first kappa shape index (κ1) is 52.3. The molecule has 56 heavy (non-hydrogen) atoms. The van der Waals surface area contributed by atoms with Crippen LogP contribution in [0.25, 0.3) is 0 Å². The van der Waals surface area contributed by atoms with Crippen molar-refractivity contribution in [2.24, 2.45) is 0 Å². The van der Waals surface area contributed by atoms with Gasteiger partial charge in [-0.05, 0) is 103 Å². The van der Waals surface area contributed by atoms with Gasteiger partial charge in [0.1, 0.15) is 6.61 Å². The second kappa shape index (κ2) is 45.7. The number of rotatable bonds is 38. The van der Waals surface area contributed by atoms with Crippen LogP contribution in [0.2, 0.25) is 0 Å². The van der Waals surface area contributed by atoms with Crippen molar-refractivity contribution in [2.45, 2.75) is 174 Å². The van der Waals surface area contributed by atoms with E-state index in [1.807, 2.05) is 0 Å². The van der Waals surface area contributed by atoms with Gasteiger partial charge in [0, 0.05) is 12.8 Å². The van der Waals surface area contributed by atoms with Crippen molar-refractivity contribution in [2.75, 3.05) is 13.2 Å². The first-order chi connectivity index (χ1) is 27.6. The van der Waals surface area contributed by atoms with Crippen molar-refractivity contribution in [3.8, 4) is 0 Å². The Bertz CT molecular complexity index is 1190. The molecular weight excluding hydrogens is 693 g/mol. The van der Waals surface area contributed by atoms with E-state index in [1.165, 1.54) is 44.9 Å². The Morgan fingerprint density at radius 3 is 1.23 bits per heavy atom. The van der Waals surface area contributed by atoms with Crippen LogP contribution in [-0.2, 0) is 19.1 Å². The minimum atomic E-state index is -0.813. The van der Waals surface area contributed by atoms with Crippen LogP contribution in [0.5, 0.6) is 0 Å². The summed E-state index contributed by atoms with van der Waals surface area (Å²) in [7, 11) is 0. The monoisotopic (exact) mass is 773 g/mol. The van der Waals surface area contributed by atoms with Crippen LogP contribution in [-0.4, -0.2) is 36.4 Å². The number of aliphatic hydroxyl groups excluding tert-OH is 1. The first-order valence-corrected chi connectivity index (χ1v) is 22.1. The molecule has 0 aliphatic rings. The number of carbonyl (C=O) groups excluding carboxylic acids is 2. The third-order valence-corrected chi connectivity index (χ3v) is 8.74. The lowest BCUT2D eigenvalue weighted by atomic mass is 10.1. The van der Waals surface area contributed by atoms with Gasteiger partial charge in [0.2, 0.25) is 0 Å². The van der Waals surface area contributed by atoms with E-state index >= 15 is 0 Å². The molecule has 0 saturated heterocycles. The van der Waals surface area contributed by atoms with Gasteiger partial charge in [-0.15, -0.1) is 0 Å². The lowest BCUT2D eigenvalue weighted by Gasteiger charge is -2.15. The lowest BCUT2D eigenvalue weighted by Crippen LogP contribution is -2.28. The second-order valence-corrected chi connectivity index (χ2v) is 14.0. The zero-order valence-corrected chi connectivity index (χ0v) is 35.6. The molecule has 0 fully saturated rings. The SMILES string of the molecule is CC/C=C\C/C=C\C/C=C\C/C=C\C/C=C\C/C=C\C/C=C\C/C=C\C/C=C\CCCC(=O)OC(CO)COC(=O)CCCCCCC/C=C\CCCCCC. The molecule has 314 valence electrons. The Morgan fingerprint density at radius 2 is 0.786 bits per heavy atom. The van der Waals surface area contributed by atoms with Gasteiger partial charge >= 0.3 is 11.9 Å². The smallest absolute Gasteiger partial charge is 0.306 e. The highest BCUT2D eigenvalue weighted by molar-refractivity contribution is 5.70. The molecule has 1 N–H and O–H groups in total. The molecule has 5 nitrogen and oxygen atoms in total. The van der Waals surface area contributed by atoms with E-state index in [-0.39, 0.29) is 31.6 Å². The van der Waals surface area contributed by atoms with Crippen LogP contribution >= 0.6 is 0 Å². The summed E-state index contributed by atoms with van der Waals surface area (Å²) in [6.07, 6.45) is 67.0. The molecule has 0 radical (unpaired) electrons. The van der Waals surface area contributed by atoms with Gasteiger partial charge in [0.15, 0.2) is 6.10 Å². The van der Waals surface area contributed by atoms with Gasteiger partial charge in [-0.1, -0.05) is 174 Å². The summed E-state index contributed by atoms with van der Waals surface area (Å²) >= 11 is 0. The average molecular weight is 773 g/mol. The number of allylic oxidation sites excluding steroid dienone is 20. The molecule has 0 aromatic heterocycles. The van der Waals surface area contributed by atoms with E-state index < -0.39 is 6.10 Å². The molecule has 0 aromatic carbocycles. The third-order valence-electron chi connectivity index (χ3n) is 8.74. The summed E-state index contributed by atoms with van der Waals surface area (Å²) in [5.74, 6) is -0.683. The van der Waals surface area contributed by atoms with Crippen LogP contribution in [0.4, 0.5) is 0 Å². The van der Waals surface area contributed by atoms with E-state index in [1.54, 1.807) is 0 Å². The maximum Gasteiger partial charge on any atom is 0.306 e. The zero-order valence-electron chi connectivity index (χ0n) is 35.6. The van der Waals surface area contributed by atoms with Crippen molar-refractivity contribution in [3.63, 3.8) is 0 Å². The van der Waals surface area contributed by atoms with Crippen LogP contribution in [0.15, 0.2) is 122 Å². The van der Waals surface area contributed by atoms with E-state index in [2.05, 4.69) is 135 Å². The highest BCUT2D eigenvalue weighted by Crippen LogP contribution is 2.10. The van der Waals surface area contributed by atoms with Crippen molar-refractivity contribution in [1.29, 1.82) is 0 Å². The van der Waals surface area contributed by atoms with Crippen LogP contribution in [0, 0.1) is 0 Å². The van der Waals surface area contributed by atoms with Crippen LogP contribution in [0.3, 0.4) is 0 Å². The Hall–Kier alpha value is -3.70. The van der Waals surface area contributed by atoms with E-state index in [4.69, 9.17) is 9.47 Å². The molecule has 0 rings (SSSR count). The lowest BCUT2D eigenvalue weighted by molar-refractivity contribution is -0.161. The molecule has 1 atom stereocenters. The Morgan fingerprint density at radius 1 is 0.429 bits per heavy atom. The number of carbonyl (C=O) groups is 2. The Labute approximate surface area is 343 Å². The van der Waals surface area contributed by atoms with Gasteiger partial charge < -0.3 is 14.6 Å². The predicted octanol–water partition coefficient (Wildman–Crippen LogP) is 14.4. The summed E-state index contributed by atoms with van der Waals surface area (Å²) in [4.78, 5) is 24.3. The Kier molecular flexibility index (Phi) is 42.7. The standard InChI is InChI=1S/C51H80O5/c1-3-5-7-9-11-13-15-17-18-19-20-21-22-23-24-25-26-27-28-29-30-31-32-34-36-38-40-42-44-46-51(54)56-49(47-52)48-55-50(53)45-43-41-39-37-35-33-16-14-12-10-8-6-4-2/h5,7,11,13-14,16-18,20-21,23-24,26-27,29-30,32,34,38,40,49,52H,3-4,6,8-10,12,15,19,22,25,28,31,33,35-37,39,41-48H2,1-2H3/b7-5-,13-11-,16-14-,18-17-,21-20-,24-23-,27-26-,30-29-,34-32-,40-38-. The highest BCUT2D eigenvalue weighted by Gasteiger charge is 2.15. The predicted molar refractivity (Wildman–Crippen MR) is 241 cm³/mol. The van der Waals surface area contributed by atoms with Gasteiger partial charge in [-0.25, -0.2) is 0 Å². The summed E-state index contributed by atoms with van der Waals surface area (Å²) in [5.41, 5.74) is 0. The van der Waals surface area contributed by atoms with Crippen molar-refractivity contribution in [1.82, 2.24) is 0 Å². The number of aliphatic hydroxyl groups is 1. The molecular formula is C51H80O5. The normalized spacial score (nSPS) is 13.4. The van der Waals surface area contributed by atoms with Gasteiger partial charge in [-0.2, -0.15) is 0 Å². The maximum atomic E-state index is 12.2. The Balaban J connectivity index is 3.75. The molecule has 0 spiro atoms. The number of hydrogen-bond acceptors (Lipinski definition) is 5. The largest absolute Gasteiger partial charge is 0.462 e. The molecule has 0 saturated carbocycles. The molecule has 0 aliphatic heterocycles. The zero-order chi connectivity index (χ0) is 40.7. The molecule has 0 bridgehead atoms. The highest BCUT2D eigenvalue weighted by atomic mass is 16.6. The van der Waals surface area contributed by atoms with Crippen LogP contribution in [0.1, 0.15) is 168 Å². The number of unbranched alkanes of at least 4 members (excludes halogenated alkanes) is 10. The quantitative estimate of drug-likeness (QED) is 0.0384. The molecule has 0 amide bonds. The fourth-order valence-corrected chi connectivity index (χ4v) is 5.43. The topological polar surface area (TPSA) is 72.8 Å². The maximum absolute atomic E-state index is 12.2. The van der Waals surface area contributed by atoms with Crippen molar-refractivity contribution < 1.29 is 24.2 Å².